The quantitative estimate of drug-likeness (QED) is 0.181. The monoisotopic (exact) mass is 622 g/mol. The zero-order valence-electron chi connectivity index (χ0n) is 25.6. The van der Waals surface area contributed by atoms with Gasteiger partial charge in [0.25, 0.3) is 0 Å². The molecule has 5 rings (SSSR count). The van der Waals surface area contributed by atoms with Crippen LogP contribution in [0.5, 0.6) is 11.5 Å². The first-order valence-corrected chi connectivity index (χ1v) is 15.8. The Morgan fingerprint density at radius 2 is 1.78 bits per heavy atom. The number of rotatable bonds is 12. The third-order valence-electron chi connectivity index (χ3n) is 8.21. The zero-order valence-corrected chi connectivity index (χ0v) is 26.4. The Morgan fingerprint density at radius 1 is 0.978 bits per heavy atom. The van der Waals surface area contributed by atoms with Gasteiger partial charge in [0, 0.05) is 31.3 Å². The molecule has 1 aliphatic rings. The second-order valence-corrected chi connectivity index (χ2v) is 11.7. The van der Waals surface area contributed by atoms with Crippen LogP contribution in [0.1, 0.15) is 47.1 Å². The van der Waals surface area contributed by atoms with E-state index in [4.69, 9.17) is 26.8 Å². The fourth-order valence-electron chi connectivity index (χ4n) is 5.77. The topological polar surface area (TPSA) is 101 Å². The van der Waals surface area contributed by atoms with Crippen molar-refractivity contribution in [3.63, 3.8) is 0 Å². The molecular weight excluding hydrogens is 584 g/mol. The van der Waals surface area contributed by atoms with Crippen LogP contribution in [-0.4, -0.2) is 36.5 Å². The minimum atomic E-state index is -0.250. The van der Waals surface area contributed by atoms with Gasteiger partial charge in [0.2, 0.25) is 5.91 Å². The lowest BCUT2D eigenvalue weighted by Crippen LogP contribution is -2.49. The number of likely N-dealkylation sites (tertiary alicyclic amines) is 1. The van der Waals surface area contributed by atoms with E-state index in [1.54, 1.807) is 6.07 Å². The van der Waals surface area contributed by atoms with Crippen molar-refractivity contribution in [2.24, 2.45) is 5.73 Å². The van der Waals surface area contributed by atoms with Gasteiger partial charge in [0.15, 0.2) is 0 Å². The second-order valence-electron chi connectivity index (χ2n) is 11.3. The number of hydrogen-bond acceptors (Lipinski definition) is 6. The SMILES string of the molecule is Cc1c(COc2cc(OCc3cccc(C#N)c3)c(CN3CCCCC3C(=O)NCCN)cc2Cl)cccc1-c1ccccc1. The maximum Gasteiger partial charge on any atom is 0.237 e. The molecule has 0 aliphatic carbocycles. The number of nitriles is 1. The van der Waals surface area contributed by atoms with E-state index in [-0.39, 0.29) is 18.6 Å². The summed E-state index contributed by atoms with van der Waals surface area (Å²) in [6, 6.07) is 29.5. The summed E-state index contributed by atoms with van der Waals surface area (Å²) in [6.45, 7) is 4.84. The Bertz CT molecular complexity index is 1650. The van der Waals surface area contributed by atoms with Crippen LogP contribution < -0.4 is 20.5 Å². The highest BCUT2D eigenvalue weighted by molar-refractivity contribution is 6.32. The van der Waals surface area contributed by atoms with Crippen LogP contribution in [-0.2, 0) is 24.6 Å². The molecule has 3 N–H and O–H groups in total. The Hall–Kier alpha value is -4.35. The largest absolute Gasteiger partial charge is 0.488 e. The predicted molar refractivity (Wildman–Crippen MR) is 178 cm³/mol. The molecule has 1 saturated heterocycles. The highest BCUT2D eigenvalue weighted by atomic mass is 35.5. The van der Waals surface area contributed by atoms with Crippen LogP contribution in [0.3, 0.4) is 0 Å². The number of carbonyl (C=O) groups is 1. The average molecular weight is 623 g/mol. The van der Waals surface area contributed by atoms with E-state index < -0.39 is 0 Å². The van der Waals surface area contributed by atoms with Crippen LogP contribution in [0.15, 0.2) is 84.9 Å². The number of nitrogens with two attached hydrogens (primary N) is 1. The number of nitrogens with zero attached hydrogens (tertiary/aromatic N) is 2. The third-order valence-corrected chi connectivity index (χ3v) is 8.51. The molecule has 45 heavy (non-hydrogen) atoms. The number of ether oxygens (including phenoxy) is 2. The fraction of sp³-hybridized carbons (Fsp3) is 0.297. The Balaban J connectivity index is 1.40. The fourth-order valence-corrected chi connectivity index (χ4v) is 6.01. The number of carbonyl (C=O) groups excluding carboxylic acids is 1. The van der Waals surface area contributed by atoms with Crippen molar-refractivity contribution in [3.05, 3.63) is 118 Å². The summed E-state index contributed by atoms with van der Waals surface area (Å²) in [7, 11) is 0. The van der Waals surface area contributed by atoms with E-state index in [0.717, 1.165) is 59.2 Å². The van der Waals surface area contributed by atoms with Gasteiger partial charge >= 0.3 is 0 Å². The summed E-state index contributed by atoms with van der Waals surface area (Å²) >= 11 is 6.85. The van der Waals surface area contributed by atoms with Crippen molar-refractivity contribution < 1.29 is 14.3 Å². The summed E-state index contributed by atoms with van der Waals surface area (Å²) < 4.78 is 12.7. The van der Waals surface area contributed by atoms with Crippen LogP contribution in [0.25, 0.3) is 11.1 Å². The van der Waals surface area contributed by atoms with Crippen molar-refractivity contribution >= 4 is 17.5 Å². The lowest BCUT2D eigenvalue weighted by atomic mass is 9.97. The van der Waals surface area contributed by atoms with Crippen LogP contribution in [0.2, 0.25) is 5.02 Å². The molecule has 1 amide bonds. The summed E-state index contributed by atoms with van der Waals surface area (Å²) in [5.41, 5.74) is 12.5. The van der Waals surface area contributed by atoms with Crippen molar-refractivity contribution in [2.45, 2.75) is 52.0 Å². The first-order valence-electron chi connectivity index (χ1n) is 15.4. The molecule has 0 bridgehead atoms. The second kappa shape index (κ2) is 15.6. The molecule has 232 valence electrons. The highest BCUT2D eigenvalue weighted by Crippen LogP contribution is 2.36. The Kier molecular flexibility index (Phi) is 11.1. The van der Waals surface area contributed by atoms with Crippen molar-refractivity contribution in [2.75, 3.05) is 19.6 Å². The van der Waals surface area contributed by atoms with Crippen LogP contribution in [0, 0.1) is 18.3 Å². The molecule has 0 saturated carbocycles. The third kappa shape index (κ3) is 8.23. The van der Waals surface area contributed by atoms with Crippen LogP contribution >= 0.6 is 11.6 Å². The highest BCUT2D eigenvalue weighted by Gasteiger charge is 2.29. The number of halogens is 1. The maximum atomic E-state index is 13.0. The summed E-state index contributed by atoms with van der Waals surface area (Å²) in [6.07, 6.45) is 2.78. The average Bonchev–Trinajstić information content (AvgIpc) is 3.07. The first kappa shape index (κ1) is 32.1. The van der Waals surface area contributed by atoms with Gasteiger partial charge in [0.05, 0.1) is 22.7 Å². The zero-order chi connectivity index (χ0) is 31.6. The van der Waals surface area contributed by atoms with E-state index in [1.807, 2.05) is 54.6 Å². The van der Waals surface area contributed by atoms with E-state index in [9.17, 15) is 10.1 Å². The molecule has 1 heterocycles. The van der Waals surface area contributed by atoms with E-state index in [2.05, 4.69) is 47.5 Å². The van der Waals surface area contributed by atoms with Crippen molar-refractivity contribution in [3.8, 4) is 28.7 Å². The van der Waals surface area contributed by atoms with Gasteiger partial charge in [-0.3, -0.25) is 9.69 Å². The summed E-state index contributed by atoms with van der Waals surface area (Å²) in [5.74, 6) is 1.13. The number of benzene rings is 4. The van der Waals surface area contributed by atoms with Crippen molar-refractivity contribution in [1.29, 1.82) is 5.26 Å². The standard InChI is InChI=1S/C37H39ClN4O3/c1-26-30(13-8-14-32(26)29-11-3-2-4-12-29)25-45-36-21-35(44-24-28-10-7-9-27(19-28)22-40)31(20-33(36)38)23-42-18-6-5-15-34(42)37(43)41-17-16-39/h2-4,7-14,19-21,34H,5-6,15-18,23-25,39H2,1H3,(H,41,43). The van der Waals surface area contributed by atoms with Gasteiger partial charge in [-0.2, -0.15) is 5.26 Å². The lowest BCUT2D eigenvalue weighted by molar-refractivity contribution is -0.127. The predicted octanol–water partition coefficient (Wildman–Crippen LogP) is 6.77. The molecule has 4 aromatic rings. The smallest absolute Gasteiger partial charge is 0.237 e. The maximum absolute atomic E-state index is 13.0. The van der Waals surface area contributed by atoms with Gasteiger partial charge in [-0.1, -0.05) is 78.7 Å². The molecule has 0 aromatic heterocycles. The number of hydrogen-bond donors (Lipinski definition) is 2. The van der Waals surface area contributed by atoms with Gasteiger partial charge < -0.3 is 20.5 Å². The summed E-state index contributed by atoms with van der Waals surface area (Å²) in [4.78, 5) is 15.2. The Labute approximate surface area is 270 Å². The molecule has 1 fully saturated rings. The number of piperidine rings is 1. The summed E-state index contributed by atoms with van der Waals surface area (Å²) in [5, 5.41) is 12.8. The molecule has 1 atom stereocenters. The van der Waals surface area contributed by atoms with Gasteiger partial charge in [-0.15, -0.1) is 0 Å². The van der Waals surface area contributed by atoms with Crippen molar-refractivity contribution in [1.82, 2.24) is 10.2 Å². The first-order chi connectivity index (χ1) is 22.0. The van der Waals surface area contributed by atoms with Gasteiger partial charge in [0.1, 0.15) is 24.7 Å². The molecule has 0 spiro atoms. The lowest BCUT2D eigenvalue weighted by Gasteiger charge is -2.35. The molecule has 8 heteroatoms. The van der Waals surface area contributed by atoms with E-state index in [1.165, 1.54) is 0 Å². The Morgan fingerprint density at radius 3 is 2.58 bits per heavy atom. The van der Waals surface area contributed by atoms with E-state index in [0.29, 0.717) is 48.3 Å². The molecule has 7 nitrogen and oxygen atoms in total. The minimum Gasteiger partial charge on any atom is -0.488 e. The normalized spacial score (nSPS) is 14.8. The molecule has 1 aliphatic heterocycles. The minimum absolute atomic E-state index is 0.00455. The number of nitrogens with one attached hydrogen (secondary N) is 1. The molecule has 1 unspecified atom stereocenters. The van der Waals surface area contributed by atoms with Gasteiger partial charge in [-0.25, -0.2) is 0 Å². The van der Waals surface area contributed by atoms with Gasteiger partial charge in [-0.05, 0) is 72.3 Å². The van der Waals surface area contributed by atoms with E-state index >= 15 is 0 Å². The number of amides is 1. The molecule has 0 radical (unpaired) electrons. The molecular formula is C37H39ClN4O3. The van der Waals surface area contributed by atoms with Crippen LogP contribution in [0.4, 0.5) is 0 Å². The molecule has 4 aromatic carbocycles.